The summed E-state index contributed by atoms with van der Waals surface area (Å²) in [4.78, 5) is 14.5. The van der Waals surface area contributed by atoms with Gasteiger partial charge in [-0.3, -0.25) is 9.78 Å². The first-order chi connectivity index (χ1) is 9.75. The number of pyridine rings is 1. The molecule has 0 amide bonds. The molecule has 0 spiro atoms. The summed E-state index contributed by atoms with van der Waals surface area (Å²) in [6.45, 7) is 0. The summed E-state index contributed by atoms with van der Waals surface area (Å²) in [5.41, 5.74) is -2.23. The molecule has 0 fully saturated rings. The van der Waals surface area contributed by atoms with E-state index in [1.54, 1.807) is 0 Å². The van der Waals surface area contributed by atoms with Gasteiger partial charge in [-0.05, 0) is 18.2 Å². The van der Waals surface area contributed by atoms with Gasteiger partial charge in [0.1, 0.15) is 0 Å². The van der Waals surface area contributed by atoms with Crippen LogP contribution in [0.4, 0.5) is 13.2 Å². The van der Waals surface area contributed by atoms with E-state index in [0.29, 0.717) is 0 Å². The van der Waals surface area contributed by atoms with Crippen molar-refractivity contribution in [3.05, 3.63) is 50.6 Å². The van der Waals surface area contributed by atoms with E-state index in [-0.39, 0.29) is 26.9 Å². The average molecular weight is 355 g/mol. The third-order valence-corrected chi connectivity index (χ3v) is 3.69. The summed E-state index contributed by atoms with van der Waals surface area (Å²) in [6.07, 6.45) is -3.57. The van der Waals surface area contributed by atoms with Crippen molar-refractivity contribution in [3.8, 4) is 11.3 Å². The molecule has 0 saturated heterocycles. The molecule has 0 N–H and O–H groups in total. The van der Waals surface area contributed by atoms with Crippen LogP contribution in [0.2, 0.25) is 15.1 Å². The summed E-state index contributed by atoms with van der Waals surface area (Å²) < 4.78 is 39.6. The van der Waals surface area contributed by atoms with Crippen LogP contribution in [-0.2, 0) is 6.18 Å². The maximum atomic E-state index is 13.2. The van der Waals surface area contributed by atoms with Gasteiger partial charge in [-0.2, -0.15) is 13.2 Å². The number of aldehydes is 1. The molecule has 110 valence electrons. The zero-order valence-corrected chi connectivity index (χ0v) is 12.3. The molecule has 2 nitrogen and oxygen atoms in total. The van der Waals surface area contributed by atoms with Crippen molar-refractivity contribution in [2.24, 2.45) is 0 Å². The number of carbonyl (C=O) groups is 1. The van der Waals surface area contributed by atoms with Gasteiger partial charge in [0.25, 0.3) is 0 Å². The Morgan fingerprint density at radius 3 is 2.24 bits per heavy atom. The lowest BCUT2D eigenvalue weighted by Crippen LogP contribution is -2.12. The number of aromatic nitrogens is 1. The molecule has 1 aromatic heterocycles. The van der Waals surface area contributed by atoms with Gasteiger partial charge >= 0.3 is 6.18 Å². The molecule has 0 aliphatic rings. The Kier molecular flexibility index (Phi) is 4.46. The van der Waals surface area contributed by atoms with Crippen molar-refractivity contribution in [1.82, 2.24) is 4.98 Å². The minimum absolute atomic E-state index is 0.0301. The normalized spacial score (nSPS) is 11.5. The lowest BCUT2D eigenvalue weighted by Gasteiger charge is -2.15. The average Bonchev–Trinajstić information content (AvgIpc) is 2.41. The van der Waals surface area contributed by atoms with Gasteiger partial charge in [-0.1, -0.05) is 34.8 Å². The minimum atomic E-state index is -4.77. The SMILES string of the molecule is O=Cc1ccnc(-c2cc(Cl)c(Cl)cc2Cl)c1C(F)(F)F. The van der Waals surface area contributed by atoms with Crippen LogP contribution >= 0.6 is 34.8 Å². The van der Waals surface area contributed by atoms with Gasteiger partial charge in [-0.15, -0.1) is 0 Å². The smallest absolute Gasteiger partial charge is 0.298 e. The van der Waals surface area contributed by atoms with Gasteiger partial charge in [0.05, 0.1) is 26.3 Å². The Labute approximate surface area is 132 Å². The summed E-state index contributed by atoms with van der Waals surface area (Å²) >= 11 is 17.5. The van der Waals surface area contributed by atoms with Gasteiger partial charge in [0, 0.05) is 17.3 Å². The Balaban J connectivity index is 2.82. The van der Waals surface area contributed by atoms with E-state index < -0.39 is 23.0 Å². The Morgan fingerprint density at radius 2 is 1.67 bits per heavy atom. The summed E-state index contributed by atoms with van der Waals surface area (Å²) in [7, 11) is 0. The highest BCUT2D eigenvalue weighted by molar-refractivity contribution is 6.44. The van der Waals surface area contributed by atoms with E-state index in [1.165, 1.54) is 12.1 Å². The number of halogens is 6. The number of carbonyl (C=O) groups excluding carboxylic acids is 1. The van der Waals surface area contributed by atoms with E-state index in [0.717, 1.165) is 12.3 Å². The number of benzene rings is 1. The largest absolute Gasteiger partial charge is 0.419 e. The van der Waals surface area contributed by atoms with Crippen LogP contribution in [0.5, 0.6) is 0 Å². The first kappa shape index (κ1) is 16.1. The van der Waals surface area contributed by atoms with Gasteiger partial charge < -0.3 is 0 Å². The number of hydrogen-bond donors (Lipinski definition) is 0. The van der Waals surface area contributed by atoms with Crippen LogP contribution in [-0.4, -0.2) is 11.3 Å². The van der Waals surface area contributed by atoms with Crippen molar-refractivity contribution in [3.63, 3.8) is 0 Å². The van der Waals surface area contributed by atoms with Gasteiger partial charge in [-0.25, -0.2) is 0 Å². The fourth-order valence-electron chi connectivity index (χ4n) is 1.78. The predicted octanol–water partition coefficient (Wildman–Crippen LogP) is 5.54. The Bertz CT molecular complexity index is 717. The van der Waals surface area contributed by atoms with Crippen molar-refractivity contribution < 1.29 is 18.0 Å². The van der Waals surface area contributed by atoms with Crippen LogP contribution in [0, 0.1) is 0 Å². The van der Waals surface area contributed by atoms with E-state index in [2.05, 4.69) is 4.98 Å². The monoisotopic (exact) mass is 353 g/mol. The third-order valence-electron chi connectivity index (χ3n) is 2.66. The zero-order chi connectivity index (χ0) is 15.8. The molecular weight excluding hydrogens is 350 g/mol. The fourth-order valence-corrected chi connectivity index (χ4v) is 2.42. The fraction of sp³-hybridized carbons (Fsp3) is 0.0769. The highest BCUT2D eigenvalue weighted by atomic mass is 35.5. The second-order valence-corrected chi connectivity index (χ2v) is 5.21. The third kappa shape index (κ3) is 3.15. The Morgan fingerprint density at radius 1 is 1.05 bits per heavy atom. The molecule has 1 aromatic carbocycles. The standard InChI is InChI=1S/C13H5Cl3F3NO/c14-8-4-10(16)9(15)3-7(8)12-11(13(17,18)19)6(5-21)1-2-20-12/h1-5H. The minimum Gasteiger partial charge on any atom is -0.298 e. The van der Waals surface area contributed by atoms with Gasteiger partial charge in [0.2, 0.25) is 0 Å². The van der Waals surface area contributed by atoms with E-state index in [1.807, 2.05) is 0 Å². The lowest BCUT2D eigenvalue weighted by molar-refractivity contribution is -0.137. The van der Waals surface area contributed by atoms with Crippen molar-refractivity contribution in [2.75, 3.05) is 0 Å². The molecule has 2 aromatic rings. The van der Waals surface area contributed by atoms with Crippen LogP contribution in [0.1, 0.15) is 15.9 Å². The molecule has 8 heteroatoms. The second kappa shape index (κ2) is 5.83. The molecule has 21 heavy (non-hydrogen) atoms. The molecule has 0 aliphatic heterocycles. The van der Waals surface area contributed by atoms with E-state index >= 15 is 0 Å². The van der Waals surface area contributed by atoms with Crippen LogP contribution in [0.25, 0.3) is 11.3 Å². The lowest BCUT2D eigenvalue weighted by atomic mass is 10.0. The quantitative estimate of drug-likeness (QED) is 0.523. The maximum Gasteiger partial charge on any atom is 0.419 e. The summed E-state index contributed by atoms with van der Waals surface area (Å²) in [5, 5.41) is 0.0819. The van der Waals surface area contributed by atoms with E-state index in [9.17, 15) is 18.0 Å². The van der Waals surface area contributed by atoms with Crippen molar-refractivity contribution in [1.29, 1.82) is 0 Å². The maximum absolute atomic E-state index is 13.2. The molecular formula is C13H5Cl3F3NO. The molecule has 0 radical (unpaired) electrons. The molecule has 0 aliphatic carbocycles. The first-order valence-electron chi connectivity index (χ1n) is 5.42. The van der Waals surface area contributed by atoms with Crippen LogP contribution in [0.3, 0.4) is 0 Å². The van der Waals surface area contributed by atoms with Crippen LogP contribution < -0.4 is 0 Å². The van der Waals surface area contributed by atoms with Crippen molar-refractivity contribution >= 4 is 41.1 Å². The molecule has 0 saturated carbocycles. The number of alkyl halides is 3. The molecule has 2 rings (SSSR count). The highest BCUT2D eigenvalue weighted by Crippen LogP contribution is 2.41. The van der Waals surface area contributed by atoms with Crippen LogP contribution in [0.15, 0.2) is 24.4 Å². The van der Waals surface area contributed by atoms with Gasteiger partial charge in [0.15, 0.2) is 6.29 Å². The zero-order valence-electron chi connectivity index (χ0n) is 10.0. The van der Waals surface area contributed by atoms with Crippen molar-refractivity contribution in [2.45, 2.75) is 6.18 Å². The van der Waals surface area contributed by atoms with E-state index in [4.69, 9.17) is 34.8 Å². The molecule has 0 unspecified atom stereocenters. The number of rotatable bonds is 2. The molecule has 1 heterocycles. The predicted molar refractivity (Wildman–Crippen MR) is 75.1 cm³/mol. The highest BCUT2D eigenvalue weighted by Gasteiger charge is 2.37. The topological polar surface area (TPSA) is 30.0 Å². The summed E-state index contributed by atoms with van der Waals surface area (Å²) in [5.74, 6) is 0. The molecule has 0 atom stereocenters. The number of hydrogen-bond acceptors (Lipinski definition) is 2. The first-order valence-corrected chi connectivity index (χ1v) is 6.55. The number of nitrogens with zero attached hydrogens (tertiary/aromatic N) is 1. The second-order valence-electron chi connectivity index (χ2n) is 3.99. The summed E-state index contributed by atoms with van der Waals surface area (Å²) in [6, 6.07) is 3.37. The molecule has 0 bridgehead atoms. The Hall–Kier alpha value is -1.30.